The van der Waals surface area contributed by atoms with Gasteiger partial charge in [-0.25, -0.2) is 4.39 Å². The first kappa shape index (κ1) is 12.9. The van der Waals surface area contributed by atoms with Gasteiger partial charge in [0.1, 0.15) is 5.82 Å². The molecule has 0 aliphatic carbocycles. The number of benzene rings is 1. The molecule has 1 aliphatic heterocycles. The first-order chi connectivity index (χ1) is 8.06. The monoisotopic (exact) mass is 316 g/mol. The van der Waals surface area contributed by atoms with Crippen molar-refractivity contribution in [2.75, 3.05) is 11.1 Å². The Bertz CT molecular complexity index is 450. The zero-order chi connectivity index (χ0) is 12.4. The van der Waals surface area contributed by atoms with E-state index < -0.39 is 0 Å². The zero-order valence-electron chi connectivity index (χ0n) is 9.71. The van der Waals surface area contributed by atoms with E-state index >= 15 is 0 Å². The van der Waals surface area contributed by atoms with Crippen LogP contribution in [0.4, 0.5) is 10.1 Å². The maximum Gasteiger partial charge on any atom is 0.161 e. The number of anilines is 1. The summed E-state index contributed by atoms with van der Waals surface area (Å²) in [6, 6.07) is 4.90. The number of aliphatic imine (C=N–C) groups is 1. The molecule has 0 fully saturated rings. The molecule has 0 aromatic heterocycles. The molecule has 1 aromatic rings. The average molecular weight is 317 g/mol. The molecule has 2 rings (SSSR count). The van der Waals surface area contributed by atoms with E-state index in [0.717, 1.165) is 21.1 Å². The molecule has 0 bridgehead atoms. The first-order valence-electron chi connectivity index (χ1n) is 5.49. The SMILES string of the molecule is CC1CSC(Nc2cc(F)ccc2Br)=NC1C. The van der Waals surface area contributed by atoms with Crippen LogP contribution in [0.2, 0.25) is 0 Å². The van der Waals surface area contributed by atoms with E-state index in [9.17, 15) is 4.39 Å². The van der Waals surface area contributed by atoms with Crippen molar-refractivity contribution in [1.29, 1.82) is 0 Å². The lowest BCUT2D eigenvalue weighted by Crippen LogP contribution is -2.25. The molecule has 2 nitrogen and oxygen atoms in total. The maximum absolute atomic E-state index is 13.1. The van der Waals surface area contributed by atoms with Gasteiger partial charge in [0, 0.05) is 10.2 Å². The number of hydrogen-bond donors (Lipinski definition) is 1. The molecule has 0 spiro atoms. The van der Waals surface area contributed by atoms with Gasteiger partial charge in [-0.15, -0.1) is 0 Å². The van der Waals surface area contributed by atoms with E-state index in [1.807, 2.05) is 0 Å². The summed E-state index contributed by atoms with van der Waals surface area (Å²) in [6.07, 6.45) is 0. The van der Waals surface area contributed by atoms with Crippen LogP contribution in [0.5, 0.6) is 0 Å². The van der Waals surface area contributed by atoms with Gasteiger partial charge < -0.3 is 5.32 Å². The summed E-state index contributed by atoms with van der Waals surface area (Å²) >= 11 is 5.07. The molecule has 2 unspecified atom stereocenters. The number of hydrogen-bond acceptors (Lipinski definition) is 3. The smallest absolute Gasteiger partial charge is 0.161 e. The van der Waals surface area contributed by atoms with Crippen LogP contribution in [-0.2, 0) is 0 Å². The summed E-state index contributed by atoms with van der Waals surface area (Å²) < 4.78 is 14.0. The summed E-state index contributed by atoms with van der Waals surface area (Å²) in [4.78, 5) is 4.55. The second-order valence-electron chi connectivity index (χ2n) is 4.21. The van der Waals surface area contributed by atoms with Crippen LogP contribution in [0.1, 0.15) is 13.8 Å². The van der Waals surface area contributed by atoms with Gasteiger partial charge >= 0.3 is 0 Å². The first-order valence-corrected chi connectivity index (χ1v) is 7.27. The summed E-state index contributed by atoms with van der Waals surface area (Å²) in [6.45, 7) is 4.29. The number of rotatable bonds is 1. The molecule has 0 saturated heterocycles. The van der Waals surface area contributed by atoms with Crippen LogP contribution in [-0.4, -0.2) is 17.0 Å². The molecule has 1 heterocycles. The Morgan fingerprint density at radius 3 is 2.94 bits per heavy atom. The van der Waals surface area contributed by atoms with Crippen molar-refractivity contribution in [3.63, 3.8) is 0 Å². The standard InChI is InChI=1S/C12H14BrFN2S/c1-7-6-17-12(15-8(7)2)16-11-5-9(14)3-4-10(11)13/h3-5,7-8H,6H2,1-2H3,(H,15,16). The van der Waals surface area contributed by atoms with Gasteiger partial charge in [-0.05, 0) is 47.0 Å². The van der Waals surface area contributed by atoms with Crippen LogP contribution in [0.3, 0.4) is 0 Å². The summed E-state index contributed by atoms with van der Waals surface area (Å²) in [7, 11) is 0. The lowest BCUT2D eigenvalue weighted by atomic mass is 10.1. The topological polar surface area (TPSA) is 24.4 Å². The highest BCUT2D eigenvalue weighted by Crippen LogP contribution is 2.27. The fourth-order valence-corrected chi connectivity index (χ4v) is 2.94. The molecule has 2 atom stereocenters. The lowest BCUT2D eigenvalue weighted by molar-refractivity contribution is 0.537. The summed E-state index contributed by atoms with van der Waals surface area (Å²) in [5.41, 5.74) is 0.720. The Balaban J connectivity index is 2.16. The number of amidine groups is 1. The molecule has 92 valence electrons. The molecule has 0 radical (unpaired) electrons. The van der Waals surface area contributed by atoms with Crippen LogP contribution in [0, 0.1) is 11.7 Å². The minimum atomic E-state index is -0.251. The highest BCUT2D eigenvalue weighted by Gasteiger charge is 2.19. The summed E-state index contributed by atoms with van der Waals surface area (Å²) in [5, 5.41) is 4.03. The largest absolute Gasteiger partial charge is 0.334 e. The van der Waals surface area contributed by atoms with Gasteiger partial charge in [-0.1, -0.05) is 18.7 Å². The Kier molecular flexibility index (Phi) is 4.09. The van der Waals surface area contributed by atoms with Crippen LogP contribution in [0.25, 0.3) is 0 Å². The van der Waals surface area contributed by atoms with E-state index in [4.69, 9.17) is 0 Å². The third-order valence-corrected chi connectivity index (χ3v) is 4.66. The summed E-state index contributed by atoms with van der Waals surface area (Å²) in [5.74, 6) is 1.37. The second kappa shape index (κ2) is 5.40. The van der Waals surface area contributed by atoms with Crippen molar-refractivity contribution in [2.45, 2.75) is 19.9 Å². The molecule has 17 heavy (non-hydrogen) atoms. The van der Waals surface area contributed by atoms with Crippen LogP contribution >= 0.6 is 27.7 Å². The Hall–Kier alpha value is -0.550. The van der Waals surface area contributed by atoms with E-state index in [2.05, 4.69) is 40.1 Å². The Morgan fingerprint density at radius 2 is 2.24 bits per heavy atom. The van der Waals surface area contributed by atoms with E-state index in [0.29, 0.717) is 12.0 Å². The normalized spacial score (nSPS) is 24.4. The molecule has 5 heteroatoms. The van der Waals surface area contributed by atoms with E-state index in [-0.39, 0.29) is 5.82 Å². The van der Waals surface area contributed by atoms with Gasteiger partial charge in [0.05, 0.1) is 11.7 Å². The van der Waals surface area contributed by atoms with Gasteiger partial charge in [0.2, 0.25) is 0 Å². The Labute approximate surface area is 113 Å². The number of nitrogens with zero attached hydrogens (tertiary/aromatic N) is 1. The maximum atomic E-state index is 13.1. The molecular formula is C12H14BrFN2S. The van der Waals surface area contributed by atoms with Crippen LogP contribution < -0.4 is 5.32 Å². The highest BCUT2D eigenvalue weighted by molar-refractivity contribution is 9.10. The molecule has 1 aromatic carbocycles. The molecule has 1 N–H and O–H groups in total. The second-order valence-corrected chi connectivity index (χ2v) is 6.08. The van der Waals surface area contributed by atoms with Crippen molar-refractivity contribution in [3.05, 3.63) is 28.5 Å². The molecule has 0 amide bonds. The molecular weight excluding hydrogens is 303 g/mol. The third kappa shape index (κ3) is 3.22. The zero-order valence-corrected chi connectivity index (χ0v) is 12.1. The molecule has 1 aliphatic rings. The van der Waals surface area contributed by atoms with Gasteiger partial charge in [-0.3, -0.25) is 4.99 Å². The van der Waals surface area contributed by atoms with Gasteiger partial charge in [-0.2, -0.15) is 0 Å². The average Bonchev–Trinajstić information content (AvgIpc) is 2.29. The fourth-order valence-electron chi connectivity index (χ4n) is 1.48. The highest BCUT2D eigenvalue weighted by atomic mass is 79.9. The van der Waals surface area contributed by atoms with Gasteiger partial charge in [0.15, 0.2) is 5.17 Å². The van der Waals surface area contributed by atoms with Crippen molar-refractivity contribution >= 4 is 38.5 Å². The predicted molar refractivity (Wildman–Crippen MR) is 76.2 cm³/mol. The van der Waals surface area contributed by atoms with E-state index in [1.165, 1.54) is 12.1 Å². The fraction of sp³-hybridized carbons (Fsp3) is 0.417. The van der Waals surface area contributed by atoms with Crippen LogP contribution in [0.15, 0.2) is 27.7 Å². The van der Waals surface area contributed by atoms with Crippen molar-refractivity contribution < 1.29 is 4.39 Å². The lowest BCUT2D eigenvalue weighted by Gasteiger charge is -2.24. The number of nitrogens with one attached hydrogen (secondary N) is 1. The number of halogens is 2. The molecule has 0 saturated carbocycles. The predicted octanol–water partition coefficient (Wildman–Crippen LogP) is 4.13. The minimum Gasteiger partial charge on any atom is -0.334 e. The minimum absolute atomic E-state index is 0.251. The number of thioether (sulfide) groups is 1. The Morgan fingerprint density at radius 1 is 1.47 bits per heavy atom. The van der Waals surface area contributed by atoms with Crippen molar-refractivity contribution in [3.8, 4) is 0 Å². The van der Waals surface area contributed by atoms with Crippen molar-refractivity contribution in [1.82, 2.24) is 0 Å². The van der Waals surface area contributed by atoms with Gasteiger partial charge in [0.25, 0.3) is 0 Å². The quantitative estimate of drug-likeness (QED) is 0.842. The van der Waals surface area contributed by atoms with E-state index in [1.54, 1.807) is 17.8 Å². The third-order valence-electron chi connectivity index (χ3n) is 2.80. The van der Waals surface area contributed by atoms with Crippen molar-refractivity contribution in [2.24, 2.45) is 10.9 Å².